The van der Waals surface area contributed by atoms with E-state index in [1.807, 2.05) is 36.0 Å². The van der Waals surface area contributed by atoms with Crippen LogP contribution in [-0.2, 0) is 11.8 Å². The molecule has 1 aromatic heterocycles. The van der Waals surface area contributed by atoms with Crippen LogP contribution in [0.25, 0.3) is 11.3 Å². The van der Waals surface area contributed by atoms with Crippen LogP contribution in [0.5, 0.6) is 5.75 Å². The molecule has 2 aromatic rings. The quantitative estimate of drug-likeness (QED) is 0.884. The number of benzene rings is 1. The minimum Gasteiger partial charge on any atom is -0.493 e. The van der Waals surface area contributed by atoms with Gasteiger partial charge in [-0.2, -0.15) is 5.10 Å². The Morgan fingerprint density at radius 3 is 2.83 bits per heavy atom. The Labute approximate surface area is 142 Å². The molecule has 0 bridgehead atoms. The molecule has 128 valence electrons. The van der Waals surface area contributed by atoms with E-state index >= 15 is 0 Å². The molecule has 1 aromatic carbocycles. The third kappa shape index (κ3) is 3.94. The number of aryl methyl sites for hydroxylation is 1. The maximum atomic E-state index is 11.3. The Bertz CT molecular complexity index is 705. The second-order valence-electron chi connectivity index (χ2n) is 6.24. The maximum Gasteiger partial charge on any atom is 0.221 e. The molecule has 0 spiro atoms. The van der Waals surface area contributed by atoms with E-state index in [-0.39, 0.29) is 5.91 Å². The van der Waals surface area contributed by atoms with E-state index in [1.54, 1.807) is 6.20 Å². The largest absolute Gasteiger partial charge is 0.493 e. The van der Waals surface area contributed by atoms with Crippen molar-refractivity contribution in [3.8, 4) is 17.0 Å². The summed E-state index contributed by atoms with van der Waals surface area (Å²) < 4.78 is 7.94. The Morgan fingerprint density at radius 2 is 2.17 bits per heavy atom. The zero-order chi connectivity index (χ0) is 16.9. The molecule has 2 heterocycles. The van der Waals surface area contributed by atoms with Crippen molar-refractivity contribution >= 4 is 11.6 Å². The Kier molecular flexibility index (Phi) is 5.15. The zero-order valence-corrected chi connectivity index (χ0v) is 14.2. The van der Waals surface area contributed by atoms with Gasteiger partial charge in [-0.1, -0.05) is 0 Å². The summed E-state index contributed by atoms with van der Waals surface area (Å²) in [5.74, 6) is 1.32. The summed E-state index contributed by atoms with van der Waals surface area (Å²) in [5.41, 5.74) is 2.66. The van der Waals surface area contributed by atoms with E-state index < -0.39 is 0 Å². The first-order valence-electron chi connectivity index (χ1n) is 8.37. The molecule has 1 aliphatic rings. The standard InChI is InChI=1S/C18H24N4O2/c1-13(23)21-15-3-4-18(24-12-14-5-8-19-9-6-14)16(11-15)17-7-10-20-22(17)2/h3-4,7,10-11,14,19H,5-6,8-9,12H2,1-2H3,(H,21,23). The van der Waals surface area contributed by atoms with Crippen molar-refractivity contribution in [3.63, 3.8) is 0 Å². The molecule has 0 radical (unpaired) electrons. The van der Waals surface area contributed by atoms with Crippen molar-refractivity contribution in [2.24, 2.45) is 13.0 Å². The van der Waals surface area contributed by atoms with Gasteiger partial charge in [0.2, 0.25) is 5.91 Å². The van der Waals surface area contributed by atoms with Crippen LogP contribution in [0.2, 0.25) is 0 Å². The Morgan fingerprint density at radius 1 is 1.38 bits per heavy atom. The number of hydrogen-bond acceptors (Lipinski definition) is 4. The molecule has 1 aliphatic heterocycles. The monoisotopic (exact) mass is 328 g/mol. The number of ether oxygens (including phenoxy) is 1. The van der Waals surface area contributed by atoms with Gasteiger partial charge >= 0.3 is 0 Å². The van der Waals surface area contributed by atoms with Gasteiger partial charge in [0.1, 0.15) is 5.75 Å². The number of piperidine rings is 1. The summed E-state index contributed by atoms with van der Waals surface area (Å²) in [4.78, 5) is 11.3. The van der Waals surface area contributed by atoms with Gasteiger partial charge in [-0.05, 0) is 56.1 Å². The van der Waals surface area contributed by atoms with Gasteiger partial charge in [0.25, 0.3) is 0 Å². The molecule has 1 amide bonds. The van der Waals surface area contributed by atoms with Gasteiger partial charge in [0.05, 0.1) is 12.3 Å². The van der Waals surface area contributed by atoms with Gasteiger partial charge in [-0.25, -0.2) is 0 Å². The highest BCUT2D eigenvalue weighted by Gasteiger charge is 2.16. The molecule has 6 heteroatoms. The van der Waals surface area contributed by atoms with E-state index in [0.717, 1.165) is 48.6 Å². The van der Waals surface area contributed by atoms with Crippen LogP contribution in [0, 0.1) is 5.92 Å². The average molecular weight is 328 g/mol. The average Bonchev–Trinajstić information content (AvgIpc) is 3.00. The Balaban J connectivity index is 1.83. The highest BCUT2D eigenvalue weighted by Crippen LogP contribution is 2.33. The summed E-state index contributed by atoms with van der Waals surface area (Å²) in [6.45, 7) is 4.34. The molecule has 0 unspecified atom stereocenters. The summed E-state index contributed by atoms with van der Waals surface area (Å²) >= 11 is 0. The van der Waals surface area contributed by atoms with Crippen molar-refractivity contribution in [2.45, 2.75) is 19.8 Å². The fraction of sp³-hybridized carbons (Fsp3) is 0.444. The van der Waals surface area contributed by atoms with Crippen LogP contribution in [0.4, 0.5) is 5.69 Å². The van der Waals surface area contributed by atoms with E-state index in [4.69, 9.17) is 4.74 Å². The van der Waals surface area contributed by atoms with Crippen LogP contribution < -0.4 is 15.4 Å². The number of nitrogens with one attached hydrogen (secondary N) is 2. The third-order valence-electron chi connectivity index (χ3n) is 4.33. The molecule has 0 saturated carbocycles. The lowest BCUT2D eigenvalue weighted by atomic mass is 9.99. The van der Waals surface area contributed by atoms with E-state index in [9.17, 15) is 4.79 Å². The number of hydrogen-bond donors (Lipinski definition) is 2. The van der Waals surface area contributed by atoms with Crippen molar-refractivity contribution in [3.05, 3.63) is 30.5 Å². The molecule has 2 N–H and O–H groups in total. The van der Waals surface area contributed by atoms with Crippen LogP contribution >= 0.6 is 0 Å². The van der Waals surface area contributed by atoms with Crippen molar-refractivity contribution in [2.75, 3.05) is 25.0 Å². The topological polar surface area (TPSA) is 68.2 Å². The summed E-state index contributed by atoms with van der Waals surface area (Å²) in [7, 11) is 1.90. The number of carbonyl (C=O) groups is 1. The van der Waals surface area contributed by atoms with Gasteiger partial charge < -0.3 is 15.4 Å². The molecule has 24 heavy (non-hydrogen) atoms. The summed E-state index contributed by atoms with van der Waals surface area (Å²) in [6, 6.07) is 7.69. The summed E-state index contributed by atoms with van der Waals surface area (Å²) in [6.07, 6.45) is 4.05. The van der Waals surface area contributed by atoms with E-state index in [0.29, 0.717) is 12.5 Å². The number of nitrogens with zero attached hydrogens (tertiary/aromatic N) is 2. The van der Waals surface area contributed by atoms with Crippen molar-refractivity contribution < 1.29 is 9.53 Å². The van der Waals surface area contributed by atoms with Gasteiger partial charge in [0.15, 0.2) is 0 Å². The molecule has 0 atom stereocenters. The van der Waals surface area contributed by atoms with Gasteiger partial charge in [0, 0.05) is 31.4 Å². The first-order valence-corrected chi connectivity index (χ1v) is 8.37. The molecule has 0 aliphatic carbocycles. The first-order chi connectivity index (χ1) is 11.6. The lowest BCUT2D eigenvalue weighted by molar-refractivity contribution is -0.114. The second-order valence-corrected chi connectivity index (χ2v) is 6.24. The normalized spacial score (nSPS) is 15.2. The second kappa shape index (κ2) is 7.49. The molecule has 6 nitrogen and oxygen atoms in total. The fourth-order valence-corrected chi connectivity index (χ4v) is 3.03. The SMILES string of the molecule is CC(=O)Nc1ccc(OCC2CCNCC2)c(-c2ccnn2C)c1. The molecular weight excluding hydrogens is 304 g/mol. The molecule has 1 fully saturated rings. The number of amides is 1. The number of rotatable bonds is 5. The Hall–Kier alpha value is -2.34. The smallest absolute Gasteiger partial charge is 0.221 e. The van der Waals surface area contributed by atoms with Gasteiger partial charge in [-0.15, -0.1) is 0 Å². The third-order valence-corrected chi connectivity index (χ3v) is 4.33. The van der Waals surface area contributed by atoms with Crippen LogP contribution in [0.3, 0.4) is 0 Å². The lowest BCUT2D eigenvalue weighted by Gasteiger charge is -2.23. The highest BCUT2D eigenvalue weighted by molar-refractivity contribution is 5.90. The van der Waals surface area contributed by atoms with Crippen LogP contribution in [0.1, 0.15) is 19.8 Å². The number of anilines is 1. The van der Waals surface area contributed by atoms with Crippen LogP contribution in [-0.4, -0.2) is 35.4 Å². The zero-order valence-electron chi connectivity index (χ0n) is 14.2. The van der Waals surface area contributed by atoms with Crippen LogP contribution in [0.15, 0.2) is 30.5 Å². The van der Waals surface area contributed by atoms with Crippen molar-refractivity contribution in [1.82, 2.24) is 15.1 Å². The van der Waals surface area contributed by atoms with Gasteiger partial charge in [-0.3, -0.25) is 9.48 Å². The number of aromatic nitrogens is 2. The minimum atomic E-state index is -0.0886. The molecular formula is C18H24N4O2. The van der Waals surface area contributed by atoms with E-state index in [1.165, 1.54) is 6.92 Å². The molecule has 3 rings (SSSR count). The predicted molar refractivity (Wildman–Crippen MR) is 94.0 cm³/mol. The minimum absolute atomic E-state index is 0.0886. The first kappa shape index (κ1) is 16.5. The summed E-state index contributed by atoms with van der Waals surface area (Å²) in [5, 5.41) is 10.4. The molecule has 1 saturated heterocycles. The maximum absolute atomic E-state index is 11.3. The van der Waals surface area contributed by atoms with E-state index in [2.05, 4.69) is 15.7 Å². The fourth-order valence-electron chi connectivity index (χ4n) is 3.03. The number of carbonyl (C=O) groups excluding carboxylic acids is 1. The highest BCUT2D eigenvalue weighted by atomic mass is 16.5. The van der Waals surface area contributed by atoms with Crippen molar-refractivity contribution in [1.29, 1.82) is 0 Å². The predicted octanol–water partition coefficient (Wildman–Crippen LogP) is 2.42. The lowest BCUT2D eigenvalue weighted by Crippen LogP contribution is -2.30.